The summed E-state index contributed by atoms with van der Waals surface area (Å²) in [5.74, 6) is -1.53. The van der Waals surface area contributed by atoms with Gasteiger partial charge in [-0.1, -0.05) is 93.8 Å². The van der Waals surface area contributed by atoms with Crippen molar-refractivity contribution in [2.75, 3.05) is 0 Å². The molecule has 0 aromatic heterocycles. The Hall–Kier alpha value is -3.24. The Balaban J connectivity index is 1.60. The molecule has 1 aliphatic carbocycles. The van der Waals surface area contributed by atoms with Crippen molar-refractivity contribution in [1.29, 1.82) is 0 Å². The molecule has 0 atom stereocenters. The molecule has 1 fully saturated rings. The molecular weight excluding hydrogens is 499 g/mol. The molecule has 1 aliphatic rings. The third-order valence-corrected chi connectivity index (χ3v) is 9.09. The number of benzene rings is 3. The molecule has 3 nitrogen and oxygen atoms in total. The summed E-state index contributed by atoms with van der Waals surface area (Å²) >= 11 is 0. The number of carboxylic acids is 1. The first-order valence-corrected chi connectivity index (χ1v) is 14.7. The highest BCUT2D eigenvalue weighted by Crippen LogP contribution is 2.41. The fourth-order valence-corrected chi connectivity index (χ4v) is 6.52. The van der Waals surface area contributed by atoms with Crippen LogP contribution in [0.15, 0.2) is 60.7 Å². The molecule has 212 valence electrons. The van der Waals surface area contributed by atoms with Crippen molar-refractivity contribution in [2.24, 2.45) is 0 Å². The van der Waals surface area contributed by atoms with Crippen LogP contribution in [0.25, 0.3) is 17.2 Å². The Kier molecular flexibility index (Phi) is 9.30. The van der Waals surface area contributed by atoms with E-state index in [1.54, 1.807) is 12.1 Å². The first kappa shape index (κ1) is 29.7. The molecule has 4 heteroatoms. The van der Waals surface area contributed by atoms with E-state index in [1.807, 2.05) is 0 Å². The molecule has 0 amide bonds. The average molecular weight is 543 g/mol. The van der Waals surface area contributed by atoms with Gasteiger partial charge in [0.2, 0.25) is 0 Å². The maximum absolute atomic E-state index is 14.6. The zero-order valence-electron chi connectivity index (χ0n) is 24.4. The highest BCUT2D eigenvalue weighted by molar-refractivity contribution is 5.72. The fourth-order valence-electron chi connectivity index (χ4n) is 6.52. The number of hydrogen-bond acceptors (Lipinski definition) is 2. The minimum absolute atomic E-state index is 0.149. The van der Waals surface area contributed by atoms with Crippen LogP contribution >= 0.6 is 0 Å². The summed E-state index contributed by atoms with van der Waals surface area (Å²) in [7, 11) is 0. The highest BCUT2D eigenvalue weighted by atomic mass is 19.1. The lowest BCUT2D eigenvalue weighted by Crippen LogP contribution is -2.30. The summed E-state index contributed by atoms with van der Waals surface area (Å²) in [5.41, 5.74) is 7.19. The molecule has 3 aromatic carbocycles. The van der Waals surface area contributed by atoms with E-state index in [2.05, 4.69) is 76.2 Å². The van der Waals surface area contributed by atoms with Crippen molar-refractivity contribution in [1.82, 2.24) is 0 Å². The fraction of sp³-hybridized carbons (Fsp3) is 0.417. The molecule has 0 aliphatic heterocycles. The van der Waals surface area contributed by atoms with Crippen LogP contribution in [0.2, 0.25) is 0 Å². The molecular formula is C36H43FO3. The van der Waals surface area contributed by atoms with Gasteiger partial charge < -0.3 is 10.2 Å². The Bertz CT molecular complexity index is 1380. The number of aryl methyl sites for hydroxylation is 2. The molecule has 0 bridgehead atoms. The van der Waals surface area contributed by atoms with Gasteiger partial charge in [0.1, 0.15) is 5.82 Å². The zero-order valence-corrected chi connectivity index (χ0v) is 24.4. The predicted octanol–water partition coefficient (Wildman–Crippen LogP) is 8.94. The molecule has 4 rings (SSSR count). The molecule has 1 saturated carbocycles. The van der Waals surface area contributed by atoms with Gasteiger partial charge in [0.05, 0.1) is 12.0 Å². The molecule has 0 radical (unpaired) electrons. The van der Waals surface area contributed by atoms with Gasteiger partial charge >= 0.3 is 5.97 Å². The van der Waals surface area contributed by atoms with E-state index in [0.717, 1.165) is 55.2 Å². The quantitative estimate of drug-likeness (QED) is 0.269. The summed E-state index contributed by atoms with van der Waals surface area (Å²) in [6.45, 7) is 8.68. The number of aliphatic hydroxyl groups is 1. The number of carboxylic acid groups (broad SMARTS) is 1. The number of carbonyl (C=O) groups is 1. The summed E-state index contributed by atoms with van der Waals surface area (Å²) in [6.07, 6.45) is 11.8. The monoisotopic (exact) mass is 542 g/mol. The van der Waals surface area contributed by atoms with E-state index in [-0.39, 0.29) is 17.4 Å². The van der Waals surface area contributed by atoms with Crippen LogP contribution < -0.4 is 0 Å². The highest BCUT2D eigenvalue weighted by Gasteiger charge is 2.31. The number of aliphatic carboxylic acids is 1. The maximum Gasteiger partial charge on any atom is 0.307 e. The standard InChI is InChI=1S/C36H43FO3/c1-5-36(6-2,30-15-14-27(25(3)21-30)11-10-20-35(40)18-8-7-9-19-35)31-16-17-32(26(4)22-31)28-12-13-29(24-34(38)39)33(37)23-28/h10-17,21-23,40H,5-9,18-20,24H2,1-4H3,(H,38,39). The summed E-state index contributed by atoms with van der Waals surface area (Å²) in [6, 6.07) is 18.0. The Morgan fingerprint density at radius 1 is 0.925 bits per heavy atom. The molecule has 0 spiro atoms. The largest absolute Gasteiger partial charge is 0.481 e. The van der Waals surface area contributed by atoms with Crippen LogP contribution in [0.1, 0.15) is 98.6 Å². The zero-order chi connectivity index (χ0) is 28.9. The van der Waals surface area contributed by atoms with Crippen molar-refractivity contribution < 1.29 is 19.4 Å². The molecule has 3 aromatic rings. The van der Waals surface area contributed by atoms with E-state index in [0.29, 0.717) is 6.42 Å². The minimum Gasteiger partial charge on any atom is -0.481 e. The van der Waals surface area contributed by atoms with Gasteiger partial charge in [-0.05, 0) is 96.5 Å². The maximum atomic E-state index is 14.6. The number of halogens is 1. The third-order valence-electron chi connectivity index (χ3n) is 9.09. The first-order chi connectivity index (χ1) is 19.1. The second-order valence-electron chi connectivity index (χ2n) is 11.7. The van der Waals surface area contributed by atoms with E-state index < -0.39 is 17.4 Å². The predicted molar refractivity (Wildman–Crippen MR) is 162 cm³/mol. The van der Waals surface area contributed by atoms with Crippen LogP contribution in [-0.2, 0) is 16.6 Å². The molecule has 2 N–H and O–H groups in total. The van der Waals surface area contributed by atoms with Gasteiger partial charge in [-0.25, -0.2) is 4.39 Å². The lowest BCUT2D eigenvalue weighted by molar-refractivity contribution is -0.136. The number of rotatable bonds is 10. The Labute approximate surface area is 238 Å². The summed E-state index contributed by atoms with van der Waals surface area (Å²) in [4.78, 5) is 11.0. The normalized spacial score (nSPS) is 15.4. The topological polar surface area (TPSA) is 57.5 Å². The van der Waals surface area contributed by atoms with Gasteiger partial charge in [-0.2, -0.15) is 0 Å². The Morgan fingerprint density at radius 2 is 1.57 bits per heavy atom. The average Bonchev–Trinajstić information content (AvgIpc) is 2.92. The van der Waals surface area contributed by atoms with Crippen molar-refractivity contribution in [3.8, 4) is 11.1 Å². The van der Waals surface area contributed by atoms with Gasteiger partial charge in [0.15, 0.2) is 0 Å². The summed E-state index contributed by atoms with van der Waals surface area (Å²) in [5, 5.41) is 19.9. The van der Waals surface area contributed by atoms with Crippen LogP contribution in [0, 0.1) is 19.7 Å². The number of hydrogen-bond donors (Lipinski definition) is 2. The molecule has 0 saturated heterocycles. The van der Waals surface area contributed by atoms with Gasteiger partial charge in [0, 0.05) is 5.41 Å². The van der Waals surface area contributed by atoms with Gasteiger partial charge in [0.25, 0.3) is 0 Å². The second-order valence-corrected chi connectivity index (χ2v) is 11.7. The SMILES string of the molecule is CCC(CC)(c1ccc(C=CCC2(O)CCCCC2)c(C)c1)c1ccc(-c2ccc(CC(=O)O)c(F)c2)c(C)c1. The Morgan fingerprint density at radius 3 is 2.15 bits per heavy atom. The van der Waals surface area contributed by atoms with E-state index >= 15 is 0 Å². The lowest BCUT2D eigenvalue weighted by Gasteiger charge is -2.34. The van der Waals surface area contributed by atoms with Crippen LogP contribution in [0.5, 0.6) is 0 Å². The minimum atomic E-state index is -1.04. The van der Waals surface area contributed by atoms with Crippen molar-refractivity contribution in [2.45, 2.75) is 96.5 Å². The van der Waals surface area contributed by atoms with E-state index in [9.17, 15) is 14.3 Å². The smallest absolute Gasteiger partial charge is 0.307 e. The van der Waals surface area contributed by atoms with Crippen LogP contribution in [0.4, 0.5) is 4.39 Å². The third kappa shape index (κ3) is 6.39. The van der Waals surface area contributed by atoms with Crippen molar-refractivity contribution >= 4 is 12.0 Å². The van der Waals surface area contributed by atoms with Crippen LogP contribution in [-0.4, -0.2) is 21.8 Å². The van der Waals surface area contributed by atoms with Crippen LogP contribution in [0.3, 0.4) is 0 Å². The molecule has 0 heterocycles. The van der Waals surface area contributed by atoms with E-state index in [4.69, 9.17) is 5.11 Å². The summed E-state index contributed by atoms with van der Waals surface area (Å²) < 4.78 is 14.6. The molecule has 40 heavy (non-hydrogen) atoms. The van der Waals surface area contributed by atoms with E-state index in [1.165, 1.54) is 34.7 Å². The van der Waals surface area contributed by atoms with Gasteiger partial charge in [-0.15, -0.1) is 0 Å². The lowest BCUT2D eigenvalue weighted by atomic mass is 9.69. The van der Waals surface area contributed by atoms with Gasteiger partial charge in [-0.3, -0.25) is 4.79 Å². The molecule has 0 unspecified atom stereocenters. The van der Waals surface area contributed by atoms with Crippen molar-refractivity contribution in [3.05, 3.63) is 99.9 Å². The van der Waals surface area contributed by atoms with Crippen molar-refractivity contribution in [3.63, 3.8) is 0 Å². The first-order valence-electron chi connectivity index (χ1n) is 14.7. The second kappa shape index (κ2) is 12.5.